The molecule has 2 aliphatic rings. The summed E-state index contributed by atoms with van der Waals surface area (Å²) >= 11 is 1.71. The molecule has 0 unspecified atom stereocenters. The number of hydrogen-bond acceptors (Lipinski definition) is 4. The number of benzene rings is 2. The lowest BCUT2D eigenvalue weighted by Gasteiger charge is -2.37. The van der Waals surface area contributed by atoms with Crippen LogP contribution in [0.2, 0.25) is 0 Å². The van der Waals surface area contributed by atoms with Gasteiger partial charge in [0.1, 0.15) is 24.7 Å². The Morgan fingerprint density at radius 1 is 1.14 bits per heavy atom. The first-order chi connectivity index (χ1) is 17.9. The molecule has 3 aromatic rings. The van der Waals surface area contributed by atoms with E-state index in [2.05, 4.69) is 37.4 Å². The molecule has 2 amide bonds. The maximum absolute atomic E-state index is 13.8. The Kier molecular flexibility index (Phi) is 7.60. The summed E-state index contributed by atoms with van der Waals surface area (Å²) < 4.78 is 20.0. The maximum Gasteiger partial charge on any atom is 0.254 e. The van der Waals surface area contributed by atoms with Gasteiger partial charge >= 0.3 is 0 Å². The number of thiophene rings is 1. The minimum absolute atomic E-state index is 0.0229. The molecule has 0 radical (unpaired) electrons. The van der Waals surface area contributed by atoms with Crippen LogP contribution in [0.4, 0.5) is 4.39 Å². The van der Waals surface area contributed by atoms with Crippen molar-refractivity contribution < 1.29 is 18.7 Å². The average Bonchev–Trinajstić information content (AvgIpc) is 3.58. The van der Waals surface area contributed by atoms with Gasteiger partial charge in [0.2, 0.25) is 5.91 Å². The highest BCUT2D eigenvalue weighted by molar-refractivity contribution is 7.10. The maximum atomic E-state index is 13.8. The number of ether oxygens (including phenoxy) is 1. The highest BCUT2D eigenvalue weighted by atomic mass is 32.1. The second-order valence-corrected chi connectivity index (χ2v) is 11.3. The van der Waals surface area contributed by atoms with Crippen LogP contribution in [-0.2, 0) is 11.2 Å². The largest absolute Gasteiger partial charge is 0.491 e. The molecule has 1 aromatic heterocycles. The van der Waals surface area contributed by atoms with Crippen LogP contribution < -0.4 is 4.74 Å². The SMILES string of the molecule is CC(C)c1ccc(OC[C@@H]2c3ccsc3CCN2C(=O)CN(CC2CC2)C(=O)c2cccc(F)c2)cc1. The first-order valence-electron chi connectivity index (χ1n) is 13.0. The van der Waals surface area contributed by atoms with Gasteiger partial charge in [-0.05, 0) is 84.0 Å². The highest BCUT2D eigenvalue weighted by Gasteiger charge is 2.35. The third-order valence-corrected chi connectivity index (χ3v) is 8.23. The molecule has 2 aromatic carbocycles. The van der Waals surface area contributed by atoms with Crippen molar-refractivity contribution >= 4 is 23.2 Å². The van der Waals surface area contributed by atoms with E-state index in [0.29, 0.717) is 31.5 Å². The van der Waals surface area contributed by atoms with Crippen LogP contribution in [0.15, 0.2) is 60.0 Å². The molecule has 0 spiro atoms. The monoisotopic (exact) mass is 520 g/mol. The number of fused-ring (bicyclic) bond motifs is 1. The zero-order valence-electron chi connectivity index (χ0n) is 21.4. The third-order valence-electron chi connectivity index (χ3n) is 7.23. The van der Waals surface area contributed by atoms with E-state index in [1.807, 2.05) is 17.0 Å². The van der Waals surface area contributed by atoms with E-state index in [1.54, 1.807) is 22.3 Å². The molecule has 5 nitrogen and oxygen atoms in total. The summed E-state index contributed by atoms with van der Waals surface area (Å²) in [5.41, 5.74) is 2.64. The lowest BCUT2D eigenvalue weighted by molar-refractivity contribution is -0.135. The first kappa shape index (κ1) is 25.5. The van der Waals surface area contributed by atoms with Crippen LogP contribution in [0.5, 0.6) is 5.75 Å². The smallest absolute Gasteiger partial charge is 0.254 e. The molecule has 7 heteroatoms. The normalized spacial score (nSPS) is 17.0. The quantitative estimate of drug-likeness (QED) is 0.344. The van der Waals surface area contributed by atoms with Crippen LogP contribution in [0.1, 0.15) is 65.0 Å². The number of hydrogen-bond donors (Lipinski definition) is 0. The minimum Gasteiger partial charge on any atom is -0.491 e. The van der Waals surface area contributed by atoms with Crippen molar-refractivity contribution in [2.75, 3.05) is 26.2 Å². The van der Waals surface area contributed by atoms with Crippen LogP contribution in [0.3, 0.4) is 0 Å². The molecular formula is C30H33FN2O3S. The van der Waals surface area contributed by atoms with Gasteiger partial charge in [-0.25, -0.2) is 4.39 Å². The Balaban J connectivity index is 1.32. The molecule has 1 aliphatic heterocycles. The van der Waals surface area contributed by atoms with Crippen LogP contribution in [0, 0.1) is 11.7 Å². The third kappa shape index (κ3) is 6.04. The predicted octanol–water partition coefficient (Wildman–Crippen LogP) is 6.07. The van der Waals surface area contributed by atoms with Crippen molar-refractivity contribution in [3.8, 4) is 5.75 Å². The Hall–Kier alpha value is -3.19. The van der Waals surface area contributed by atoms with E-state index < -0.39 is 5.82 Å². The van der Waals surface area contributed by atoms with Gasteiger partial charge in [-0.2, -0.15) is 0 Å². The van der Waals surface area contributed by atoms with Crippen LogP contribution in [-0.4, -0.2) is 47.9 Å². The summed E-state index contributed by atoms with van der Waals surface area (Å²) in [6, 6.07) is 15.7. The van der Waals surface area contributed by atoms with Crippen molar-refractivity contribution in [1.29, 1.82) is 0 Å². The molecule has 37 heavy (non-hydrogen) atoms. The van der Waals surface area contributed by atoms with Crippen molar-refractivity contribution in [1.82, 2.24) is 9.80 Å². The summed E-state index contributed by atoms with van der Waals surface area (Å²) in [5, 5.41) is 2.07. The number of nitrogens with zero attached hydrogens (tertiary/aromatic N) is 2. The Morgan fingerprint density at radius 2 is 1.92 bits per heavy atom. The zero-order chi connectivity index (χ0) is 25.9. The van der Waals surface area contributed by atoms with Gasteiger partial charge in [-0.3, -0.25) is 9.59 Å². The van der Waals surface area contributed by atoms with Crippen molar-refractivity contribution in [3.05, 3.63) is 87.4 Å². The summed E-state index contributed by atoms with van der Waals surface area (Å²) in [6.45, 7) is 5.73. The first-order valence-corrected chi connectivity index (χ1v) is 13.9. The summed E-state index contributed by atoms with van der Waals surface area (Å²) in [5.74, 6) is 0.765. The van der Waals surface area contributed by atoms with Gasteiger partial charge in [0.15, 0.2) is 0 Å². The number of rotatable bonds is 9. The molecule has 0 N–H and O–H groups in total. The molecule has 1 aliphatic carbocycles. The lowest BCUT2D eigenvalue weighted by Crippen LogP contribution is -2.48. The molecule has 1 atom stereocenters. The van der Waals surface area contributed by atoms with Gasteiger partial charge in [0.05, 0.1) is 6.04 Å². The average molecular weight is 521 g/mol. The summed E-state index contributed by atoms with van der Waals surface area (Å²) in [6.07, 6.45) is 2.89. The molecule has 0 bridgehead atoms. The second-order valence-electron chi connectivity index (χ2n) is 10.3. The van der Waals surface area contributed by atoms with Crippen LogP contribution in [0.25, 0.3) is 0 Å². The van der Waals surface area contributed by atoms with Crippen molar-refractivity contribution in [2.45, 2.75) is 45.1 Å². The van der Waals surface area contributed by atoms with E-state index in [1.165, 1.54) is 28.6 Å². The van der Waals surface area contributed by atoms with Gasteiger partial charge in [0, 0.05) is 23.5 Å². The van der Waals surface area contributed by atoms with E-state index in [0.717, 1.165) is 30.6 Å². The minimum atomic E-state index is -0.455. The van der Waals surface area contributed by atoms with E-state index >= 15 is 0 Å². The van der Waals surface area contributed by atoms with Gasteiger partial charge in [-0.1, -0.05) is 32.0 Å². The molecule has 1 fully saturated rings. The van der Waals surface area contributed by atoms with Gasteiger partial charge in [0.25, 0.3) is 5.91 Å². The van der Waals surface area contributed by atoms with Crippen LogP contribution >= 0.6 is 11.3 Å². The van der Waals surface area contributed by atoms with E-state index in [9.17, 15) is 14.0 Å². The van der Waals surface area contributed by atoms with Gasteiger partial charge in [-0.15, -0.1) is 11.3 Å². The predicted molar refractivity (Wildman–Crippen MR) is 144 cm³/mol. The fourth-order valence-corrected chi connectivity index (χ4v) is 5.82. The van der Waals surface area contributed by atoms with E-state index in [4.69, 9.17) is 4.74 Å². The molecular weight excluding hydrogens is 487 g/mol. The summed E-state index contributed by atoms with van der Waals surface area (Å²) in [7, 11) is 0. The van der Waals surface area contributed by atoms with Gasteiger partial charge < -0.3 is 14.5 Å². The van der Waals surface area contributed by atoms with Crippen molar-refractivity contribution in [2.24, 2.45) is 5.92 Å². The molecule has 194 valence electrons. The molecule has 0 saturated heterocycles. The highest BCUT2D eigenvalue weighted by Crippen LogP contribution is 2.35. The molecule has 5 rings (SSSR count). The lowest BCUT2D eigenvalue weighted by atomic mass is 10.00. The Labute approximate surface area is 221 Å². The Morgan fingerprint density at radius 3 is 2.62 bits per heavy atom. The standard InChI is InChI=1S/C30H33FN2O3S/c1-20(2)22-8-10-25(11-9-22)36-19-27-26-13-15-37-28(26)12-14-33(27)29(34)18-32(17-21-6-7-21)30(35)23-4-3-5-24(31)16-23/h3-5,8-11,13,15-16,20-21,27H,6-7,12,14,17-19H2,1-2H3/t27-/m1/s1. The molecule has 2 heterocycles. The summed E-state index contributed by atoms with van der Waals surface area (Å²) in [4.78, 5) is 31.7. The molecule has 1 saturated carbocycles. The second kappa shape index (κ2) is 11.1. The fourth-order valence-electron chi connectivity index (χ4n) is 4.89. The Bertz CT molecular complexity index is 1250. The zero-order valence-corrected chi connectivity index (χ0v) is 22.2. The van der Waals surface area contributed by atoms with Crippen molar-refractivity contribution in [3.63, 3.8) is 0 Å². The topological polar surface area (TPSA) is 49.9 Å². The number of halogens is 1. The number of amides is 2. The number of carbonyl (C=O) groups excluding carboxylic acids is 2. The fraction of sp³-hybridized carbons (Fsp3) is 0.400. The van der Waals surface area contributed by atoms with E-state index in [-0.39, 0.29) is 30.0 Å². The number of carbonyl (C=O) groups is 2.